The number of benzene rings is 1. The standard InChI is InChI=1S/C23H24N2O2S/c26-22(25-17-21-4-2-14-28-21)23(9-12-27-13-10-23)15-18-5-7-19(8-6-18)20-3-1-11-24-16-20/h1-8,11,14,16H,9-10,12-13,15,17H2,(H,25,26). The molecule has 0 aliphatic carbocycles. The second-order valence-electron chi connectivity index (χ2n) is 7.27. The van der Waals surface area contributed by atoms with Crippen LogP contribution in [0, 0.1) is 5.41 Å². The molecule has 28 heavy (non-hydrogen) atoms. The summed E-state index contributed by atoms with van der Waals surface area (Å²) in [4.78, 5) is 18.5. The summed E-state index contributed by atoms with van der Waals surface area (Å²) in [6.07, 6.45) is 5.90. The average molecular weight is 393 g/mol. The Bertz CT molecular complexity index is 886. The van der Waals surface area contributed by atoms with E-state index >= 15 is 0 Å². The van der Waals surface area contributed by atoms with Gasteiger partial charge in [-0.1, -0.05) is 36.4 Å². The van der Waals surface area contributed by atoms with E-state index in [1.165, 1.54) is 10.4 Å². The third-order valence-corrected chi connectivity index (χ3v) is 6.30. The molecule has 3 heterocycles. The first-order valence-electron chi connectivity index (χ1n) is 9.63. The summed E-state index contributed by atoms with van der Waals surface area (Å²) in [6.45, 7) is 1.87. The lowest BCUT2D eigenvalue weighted by molar-refractivity contribution is -0.136. The molecule has 0 unspecified atom stereocenters. The van der Waals surface area contributed by atoms with Crippen LogP contribution in [0.15, 0.2) is 66.3 Å². The second kappa shape index (κ2) is 8.67. The van der Waals surface area contributed by atoms with Crippen molar-refractivity contribution in [2.24, 2.45) is 5.41 Å². The molecule has 4 rings (SSSR count). The van der Waals surface area contributed by atoms with Crippen molar-refractivity contribution in [3.63, 3.8) is 0 Å². The molecule has 0 radical (unpaired) electrons. The van der Waals surface area contributed by atoms with E-state index in [-0.39, 0.29) is 5.91 Å². The van der Waals surface area contributed by atoms with Gasteiger partial charge in [-0.05, 0) is 53.5 Å². The number of ether oxygens (including phenoxy) is 1. The zero-order valence-electron chi connectivity index (χ0n) is 15.8. The van der Waals surface area contributed by atoms with Gasteiger partial charge in [0.25, 0.3) is 0 Å². The van der Waals surface area contributed by atoms with Crippen LogP contribution in [0.1, 0.15) is 23.3 Å². The van der Waals surface area contributed by atoms with Gasteiger partial charge < -0.3 is 10.1 Å². The zero-order valence-corrected chi connectivity index (χ0v) is 16.6. The van der Waals surface area contributed by atoms with Crippen LogP contribution in [0.25, 0.3) is 11.1 Å². The Morgan fingerprint density at radius 3 is 2.57 bits per heavy atom. The van der Waals surface area contributed by atoms with Gasteiger partial charge in [0.15, 0.2) is 0 Å². The van der Waals surface area contributed by atoms with Crippen LogP contribution in [-0.2, 0) is 22.5 Å². The molecule has 0 bridgehead atoms. The number of carbonyl (C=O) groups excluding carboxylic acids is 1. The molecule has 1 fully saturated rings. The van der Waals surface area contributed by atoms with Gasteiger partial charge in [0.2, 0.25) is 5.91 Å². The summed E-state index contributed by atoms with van der Waals surface area (Å²) in [6, 6.07) is 16.6. The maximum Gasteiger partial charge on any atom is 0.227 e. The topological polar surface area (TPSA) is 51.2 Å². The summed E-state index contributed by atoms with van der Waals surface area (Å²) < 4.78 is 5.56. The average Bonchev–Trinajstić information content (AvgIpc) is 3.27. The minimum Gasteiger partial charge on any atom is -0.381 e. The molecule has 1 aliphatic heterocycles. The second-order valence-corrected chi connectivity index (χ2v) is 8.30. The fourth-order valence-electron chi connectivity index (χ4n) is 3.75. The number of rotatable bonds is 6. The number of aromatic nitrogens is 1. The number of thiophene rings is 1. The van der Waals surface area contributed by atoms with Crippen molar-refractivity contribution in [1.82, 2.24) is 10.3 Å². The highest BCUT2D eigenvalue weighted by Crippen LogP contribution is 2.35. The van der Waals surface area contributed by atoms with Gasteiger partial charge in [-0.25, -0.2) is 0 Å². The maximum absolute atomic E-state index is 13.1. The molecule has 0 saturated carbocycles. The Kier molecular flexibility index (Phi) is 5.84. The van der Waals surface area contributed by atoms with E-state index in [1.807, 2.05) is 23.7 Å². The van der Waals surface area contributed by atoms with Crippen molar-refractivity contribution in [2.45, 2.75) is 25.8 Å². The molecule has 144 valence electrons. The Hall–Kier alpha value is -2.50. The summed E-state index contributed by atoms with van der Waals surface area (Å²) in [5, 5.41) is 5.20. The van der Waals surface area contributed by atoms with Gasteiger partial charge in [-0.3, -0.25) is 9.78 Å². The van der Waals surface area contributed by atoms with E-state index in [2.05, 4.69) is 46.7 Å². The SMILES string of the molecule is O=C(NCc1cccs1)C1(Cc2ccc(-c3cccnc3)cc2)CCOCC1. The third kappa shape index (κ3) is 4.32. The number of nitrogens with zero attached hydrogens (tertiary/aromatic N) is 1. The summed E-state index contributed by atoms with van der Waals surface area (Å²) >= 11 is 1.67. The largest absolute Gasteiger partial charge is 0.381 e. The van der Waals surface area contributed by atoms with Crippen molar-refractivity contribution in [3.8, 4) is 11.1 Å². The van der Waals surface area contributed by atoms with E-state index in [4.69, 9.17) is 4.74 Å². The molecule has 1 amide bonds. The number of carbonyl (C=O) groups is 1. The van der Waals surface area contributed by atoms with Crippen molar-refractivity contribution in [1.29, 1.82) is 0 Å². The highest BCUT2D eigenvalue weighted by Gasteiger charge is 2.39. The van der Waals surface area contributed by atoms with E-state index in [9.17, 15) is 4.79 Å². The molecule has 3 aromatic rings. The number of amides is 1. The lowest BCUT2D eigenvalue weighted by Gasteiger charge is -2.36. The monoisotopic (exact) mass is 392 g/mol. The molecule has 1 aromatic carbocycles. The van der Waals surface area contributed by atoms with Crippen LogP contribution in [0.2, 0.25) is 0 Å². The number of pyridine rings is 1. The Labute approximate surface area is 169 Å². The molecular formula is C23H24N2O2S. The molecule has 5 heteroatoms. The van der Waals surface area contributed by atoms with Crippen LogP contribution in [0.3, 0.4) is 0 Å². The van der Waals surface area contributed by atoms with Crippen LogP contribution >= 0.6 is 11.3 Å². The highest BCUT2D eigenvalue weighted by atomic mass is 32.1. The van der Waals surface area contributed by atoms with Gasteiger partial charge >= 0.3 is 0 Å². The quantitative estimate of drug-likeness (QED) is 0.674. The van der Waals surface area contributed by atoms with E-state index < -0.39 is 5.41 Å². The van der Waals surface area contributed by atoms with Gasteiger partial charge in [0.05, 0.1) is 12.0 Å². The Morgan fingerprint density at radius 1 is 1.07 bits per heavy atom. The summed E-state index contributed by atoms with van der Waals surface area (Å²) in [7, 11) is 0. The first kappa shape index (κ1) is 18.8. The number of hydrogen-bond donors (Lipinski definition) is 1. The third-order valence-electron chi connectivity index (χ3n) is 5.43. The van der Waals surface area contributed by atoms with Crippen molar-refractivity contribution in [2.75, 3.05) is 13.2 Å². The lowest BCUT2D eigenvalue weighted by atomic mass is 9.74. The zero-order chi connectivity index (χ0) is 19.2. The highest BCUT2D eigenvalue weighted by molar-refractivity contribution is 7.09. The molecule has 1 aliphatic rings. The van der Waals surface area contributed by atoms with Gasteiger partial charge in [0, 0.05) is 30.5 Å². The minimum atomic E-state index is -0.397. The lowest BCUT2D eigenvalue weighted by Crippen LogP contribution is -2.45. The summed E-state index contributed by atoms with van der Waals surface area (Å²) in [5.41, 5.74) is 3.02. The van der Waals surface area contributed by atoms with Crippen molar-refractivity contribution in [3.05, 3.63) is 76.7 Å². The van der Waals surface area contributed by atoms with E-state index in [1.54, 1.807) is 17.5 Å². The smallest absolute Gasteiger partial charge is 0.227 e. The molecule has 0 atom stereocenters. The Balaban J connectivity index is 1.49. The number of nitrogens with one attached hydrogen (secondary N) is 1. The fourth-order valence-corrected chi connectivity index (χ4v) is 4.40. The van der Waals surface area contributed by atoms with Gasteiger partial charge in [-0.2, -0.15) is 0 Å². The summed E-state index contributed by atoms with van der Waals surface area (Å²) in [5.74, 6) is 0.139. The van der Waals surface area contributed by atoms with Crippen LogP contribution < -0.4 is 5.32 Å². The van der Waals surface area contributed by atoms with Crippen LogP contribution in [0.4, 0.5) is 0 Å². The maximum atomic E-state index is 13.1. The minimum absolute atomic E-state index is 0.139. The molecular weight excluding hydrogens is 368 g/mol. The first-order valence-corrected chi connectivity index (χ1v) is 10.5. The fraction of sp³-hybridized carbons (Fsp3) is 0.304. The van der Waals surface area contributed by atoms with Crippen LogP contribution in [-0.4, -0.2) is 24.1 Å². The van der Waals surface area contributed by atoms with Crippen molar-refractivity contribution >= 4 is 17.2 Å². The molecule has 1 N–H and O–H groups in total. The molecule has 4 nitrogen and oxygen atoms in total. The van der Waals surface area contributed by atoms with Gasteiger partial charge in [0.1, 0.15) is 0 Å². The van der Waals surface area contributed by atoms with E-state index in [0.29, 0.717) is 19.8 Å². The molecule has 1 saturated heterocycles. The molecule has 2 aromatic heterocycles. The van der Waals surface area contributed by atoms with E-state index in [0.717, 1.165) is 30.4 Å². The van der Waals surface area contributed by atoms with Crippen LogP contribution in [0.5, 0.6) is 0 Å². The van der Waals surface area contributed by atoms with Gasteiger partial charge in [-0.15, -0.1) is 11.3 Å². The predicted octanol–water partition coefficient (Wildman–Crippen LogP) is 4.47. The van der Waals surface area contributed by atoms with Crippen molar-refractivity contribution < 1.29 is 9.53 Å². The normalized spacial score (nSPS) is 15.9. The number of hydrogen-bond acceptors (Lipinski definition) is 4. The molecule has 0 spiro atoms. The Morgan fingerprint density at radius 2 is 1.89 bits per heavy atom. The predicted molar refractivity (Wildman–Crippen MR) is 112 cm³/mol. The first-order chi connectivity index (χ1) is 13.8.